The Morgan fingerprint density at radius 1 is 0.800 bits per heavy atom. The molecule has 0 saturated heterocycles. The standard InChI is InChI=1S/C22H22S2Se/c1-2-3-4-5-9-16-13-15-24-20(16)22-18-11-7-6-10-17(18)21(25-22)19-12-8-14-23-19/h6-8,10-15H,2-5,9H2,1H3. The number of benzene rings is 1. The van der Waals surface area contributed by atoms with Gasteiger partial charge in [0.15, 0.2) is 0 Å². The third-order valence-electron chi connectivity index (χ3n) is 4.62. The second-order valence-electron chi connectivity index (χ2n) is 6.37. The van der Waals surface area contributed by atoms with E-state index in [4.69, 9.17) is 0 Å². The second-order valence-corrected chi connectivity index (χ2v) is 10.4. The summed E-state index contributed by atoms with van der Waals surface area (Å²) in [5.74, 6) is 0. The number of hydrogen-bond acceptors (Lipinski definition) is 2. The summed E-state index contributed by atoms with van der Waals surface area (Å²) in [4.78, 5) is 3.00. The van der Waals surface area contributed by atoms with Crippen molar-refractivity contribution in [3.8, 4) is 18.6 Å². The SMILES string of the molecule is CCCCCCc1ccsc1-c1[se]c(-c2cccs2)c2ccccc12. The Bertz CT molecular complexity index is 944. The summed E-state index contributed by atoms with van der Waals surface area (Å²) in [6.45, 7) is 2.28. The van der Waals surface area contributed by atoms with Gasteiger partial charge in [0.25, 0.3) is 0 Å². The van der Waals surface area contributed by atoms with Gasteiger partial charge in [-0.25, -0.2) is 0 Å². The van der Waals surface area contributed by atoms with Crippen LogP contribution in [-0.2, 0) is 6.42 Å². The average Bonchev–Trinajstić information content (AvgIpc) is 3.37. The van der Waals surface area contributed by atoms with Crippen LogP contribution in [0.25, 0.3) is 29.4 Å². The monoisotopic (exact) mass is 430 g/mol. The van der Waals surface area contributed by atoms with Crippen LogP contribution in [0.3, 0.4) is 0 Å². The van der Waals surface area contributed by atoms with Gasteiger partial charge >= 0.3 is 164 Å². The van der Waals surface area contributed by atoms with Crippen molar-refractivity contribution in [2.45, 2.75) is 39.0 Å². The number of fused-ring (bicyclic) bond motifs is 1. The van der Waals surface area contributed by atoms with Crippen LogP contribution in [0.2, 0.25) is 0 Å². The first-order chi connectivity index (χ1) is 12.4. The number of aryl methyl sites for hydroxylation is 1. The predicted octanol–water partition coefficient (Wildman–Crippen LogP) is 7.48. The fourth-order valence-electron chi connectivity index (χ4n) is 3.32. The van der Waals surface area contributed by atoms with Crippen molar-refractivity contribution in [1.29, 1.82) is 0 Å². The summed E-state index contributed by atoms with van der Waals surface area (Å²) < 4.78 is 3.17. The van der Waals surface area contributed by atoms with E-state index >= 15 is 0 Å². The summed E-state index contributed by atoms with van der Waals surface area (Å²) in [5, 5.41) is 7.43. The molecule has 3 aromatic heterocycles. The Balaban J connectivity index is 1.74. The number of thiophene rings is 2. The molecule has 0 aliphatic rings. The van der Waals surface area contributed by atoms with Crippen molar-refractivity contribution in [3.63, 3.8) is 0 Å². The van der Waals surface area contributed by atoms with Gasteiger partial charge < -0.3 is 0 Å². The van der Waals surface area contributed by atoms with Crippen molar-refractivity contribution >= 4 is 47.9 Å². The first-order valence-electron chi connectivity index (χ1n) is 9.00. The molecule has 3 heteroatoms. The molecule has 0 radical (unpaired) electrons. The van der Waals surface area contributed by atoms with Gasteiger partial charge in [0.05, 0.1) is 0 Å². The van der Waals surface area contributed by atoms with Crippen LogP contribution in [0.15, 0.2) is 53.2 Å². The third kappa shape index (κ3) is 3.57. The normalized spacial score (nSPS) is 11.4. The maximum absolute atomic E-state index is 2.36. The molecule has 4 aromatic rings. The molecule has 4 rings (SSSR count). The van der Waals surface area contributed by atoms with Gasteiger partial charge in [0.1, 0.15) is 0 Å². The van der Waals surface area contributed by atoms with Crippen molar-refractivity contribution in [1.82, 2.24) is 0 Å². The van der Waals surface area contributed by atoms with E-state index in [2.05, 4.69) is 60.1 Å². The number of unbranched alkanes of at least 4 members (excludes halogenated alkanes) is 3. The fraction of sp³-hybridized carbons (Fsp3) is 0.273. The van der Waals surface area contributed by atoms with Crippen LogP contribution in [0.1, 0.15) is 38.2 Å². The van der Waals surface area contributed by atoms with Crippen LogP contribution in [-0.4, -0.2) is 14.5 Å². The van der Waals surface area contributed by atoms with Crippen molar-refractivity contribution < 1.29 is 0 Å². The molecule has 0 unspecified atom stereocenters. The number of hydrogen-bond donors (Lipinski definition) is 0. The van der Waals surface area contributed by atoms with E-state index in [0.717, 1.165) is 0 Å². The topological polar surface area (TPSA) is 0 Å². The summed E-state index contributed by atoms with van der Waals surface area (Å²) >= 11 is 4.22. The van der Waals surface area contributed by atoms with E-state index in [1.54, 1.807) is 19.3 Å². The summed E-state index contributed by atoms with van der Waals surface area (Å²) in [7, 11) is 0. The first kappa shape index (κ1) is 17.3. The van der Waals surface area contributed by atoms with Gasteiger partial charge in [-0.2, -0.15) is 0 Å². The Hall–Kier alpha value is -1.12. The van der Waals surface area contributed by atoms with Crippen LogP contribution < -0.4 is 0 Å². The van der Waals surface area contributed by atoms with Crippen LogP contribution in [0.5, 0.6) is 0 Å². The Kier molecular flexibility index (Phi) is 5.57. The maximum atomic E-state index is 2.36. The second kappa shape index (κ2) is 8.05. The van der Waals surface area contributed by atoms with E-state index in [-0.39, 0.29) is 0 Å². The van der Waals surface area contributed by atoms with Gasteiger partial charge in [0, 0.05) is 0 Å². The molecule has 0 spiro atoms. The van der Waals surface area contributed by atoms with Crippen LogP contribution >= 0.6 is 22.7 Å². The van der Waals surface area contributed by atoms with E-state index in [0.29, 0.717) is 14.5 Å². The quantitative estimate of drug-likeness (QED) is 0.211. The van der Waals surface area contributed by atoms with Gasteiger partial charge in [-0.05, 0) is 0 Å². The molecule has 25 heavy (non-hydrogen) atoms. The van der Waals surface area contributed by atoms with E-state index in [1.807, 2.05) is 22.7 Å². The van der Waals surface area contributed by atoms with Crippen molar-refractivity contribution in [2.75, 3.05) is 0 Å². The zero-order valence-electron chi connectivity index (χ0n) is 14.5. The third-order valence-corrected chi connectivity index (χ3v) is 9.73. The zero-order chi connectivity index (χ0) is 17.1. The minimum absolute atomic E-state index is 0.400. The first-order valence-corrected chi connectivity index (χ1v) is 12.5. The Morgan fingerprint density at radius 3 is 2.40 bits per heavy atom. The molecule has 3 heterocycles. The molecule has 0 atom stereocenters. The summed E-state index contributed by atoms with van der Waals surface area (Å²) in [6.07, 6.45) is 6.58. The van der Waals surface area contributed by atoms with Crippen molar-refractivity contribution in [2.24, 2.45) is 0 Å². The Labute approximate surface area is 163 Å². The number of rotatable bonds is 7. The molecule has 0 N–H and O–H groups in total. The molecule has 0 saturated carbocycles. The molecule has 128 valence electrons. The fourth-order valence-corrected chi connectivity index (χ4v) is 8.41. The van der Waals surface area contributed by atoms with Crippen molar-refractivity contribution in [3.05, 3.63) is 58.8 Å². The molecule has 0 aliphatic heterocycles. The van der Waals surface area contributed by atoms with Gasteiger partial charge in [-0.1, -0.05) is 0 Å². The van der Waals surface area contributed by atoms with Crippen LogP contribution in [0, 0.1) is 0 Å². The van der Waals surface area contributed by atoms with Crippen LogP contribution in [0.4, 0.5) is 0 Å². The molecule has 0 aliphatic carbocycles. The molecule has 0 fully saturated rings. The molecule has 1 aromatic carbocycles. The molecular weight excluding hydrogens is 407 g/mol. The van der Waals surface area contributed by atoms with Gasteiger partial charge in [0.2, 0.25) is 0 Å². The molecule has 0 nitrogen and oxygen atoms in total. The van der Waals surface area contributed by atoms with E-state index in [1.165, 1.54) is 47.8 Å². The van der Waals surface area contributed by atoms with Gasteiger partial charge in [-0.15, -0.1) is 0 Å². The summed E-state index contributed by atoms with van der Waals surface area (Å²) in [6, 6.07) is 15.8. The van der Waals surface area contributed by atoms with Gasteiger partial charge in [-0.3, -0.25) is 0 Å². The average molecular weight is 430 g/mol. The molecule has 0 bridgehead atoms. The molecular formula is C22H22S2Se. The minimum atomic E-state index is 0.400. The Morgan fingerprint density at radius 2 is 1.64 bits per heavy atom. The molecule has 0 amide bonds. The zero-order valence-corrected chi connectivity index (χ0v) is 17.8. The van der Waals surface area contributed by atoms with E-state index in [9.17, 15) is 0 Å². The summed E-state index contributed by atoms with van der Waals surface area (Å²) in [5.41, 5.74) is 1.57. The predicted molar refractivity (Wildman–Crippen MR) is 115 cm³/mol. The van der Waals surface area contributed by atoms with E-state index < -0.39 is 0 Å².